The fourth-order valence-corrected chi connectivity index (χ4v) is 10.7. The van der Waals surface area contributed by atoms with Gasteiger partial charge in [0, 0.05) is 25.7 Å². The lowest BCUT2D eigenvalue weighted by molar-refractivity contribution is -0.161. The van der Waals surface area contributed by atoms with E-state index in [9.17, 15) is 43.2 Å². The van der Waals surface area contributed by atoms with Crippen LogP contribution in [0.3, 0.4) is 0 Å². The van der Waals surface area contributed by atoms with Crippen molar-refractivity contribution in [3.05, 3.63) is 219 Å². The van der Waals surface area contributed by atoms with Crippen LogP contribution in [0.15, 0.2) is 219 Å². The summed E-state index contributed by atoms with van der Waals surface area (Å²) in [6.07, 6.45) is 96.6. The summed E-state index contributed by atoms with van der Waals surface area (Å²) in [6.45, 7) is 4.16. The lowest BCUT2D eigenvalue weighted by Gasteiger charge is -2.21. The standard InChI is InChI=1S/C87H134O17P2/c1-5-9-13-17-21-25-29-33-37-39-40-42-45-48-52-56-60-64-68-72-85(90)98-78-83(104-87(92)74-70-66-62-58-54-50-46-41-38-34-30-26-22-18-14-10-6-2)80-102-106(95,96)100-76-81(88)75-99-105(93,94)101-79-82(103-86(91)73-69-65-61-57-53-49-44-36-32-28-24-20-16-12-8-4)77-97-84(89)71-67-63-59-55-51-47-43-35-31-27-23-19-15-11-7-3/h9-16,21-28,33-38,40,42-44,46,48,50-53,55,57-58,62,81-83,88H,5-8,17-20,29-32,39,41,45,47,49,54,56,59-61,63-80H2,1-4H3,(H,93,94)(H,95,96)/b13-9-,14-10-,15-11-,16-12-,25-21-,26-22-,27-23-,28-24-,37-33-,38-34-,42-40-,43-35-,44-36-,50-46-,52-48-,55-51-,57-53-,62-58-. The molecule has 17 nitrogen and oxygen atoms in total. The van der Waals surface area contributed by atoms with Gasteiger partial charge >= 0.3 is 39.5 Å². The minimum Gasteiger partial charge on any atom is -0.462 e. The molecule has 5 atom stereocenters. The Bertz CT molecular complexity index is 2880. The second kappa shape index (κ2) is 76.6. The van der Waals surface area contributed by atoms with Crippen molar-refractivity contribution < 1.29 is 80.2 Å². The summed E-state index contributed by atoms with van der Waals surface area (Å²) >= 11 is 0. The minimum atomic E-state index is -5.02. The number of rotatable bonds is 70. The van der Waals surface area contributed by atoms with Gasteiger partial charge in [-0.3, -0.25) is 37.3 Å². The quantitative estimate of drug-likeness (QED) is 0.0169. The summed E-state index contributed by atoms with van der Waals surface area (Å²) in [6, 6.07) is 0. The number of phosphoric ester groups is 2. The molecule has 594 valence electrons. The Morgan fingerprint density at radius 2 is 0.472 bits per heavy atom. The number of aliphatic hydroxyl groups is 1. The van der Waals surface area contributed by atoms with Crippen LogP contribution in [0.25, 0.3) is 0 Å². The number of hydrogen-bond donors (Lipinski definition) is 3. The summed E-state index contributed by atoms with van der Waals surface area (Å²) in [4.78, 5) is 73.0. The van der Waals surface area contributed by atoms with Crippen LogP contribution in [0, 0.1) is 0 Å². The average molecular weight is 1510 g/mol. The van der Waals surface area contributed by atoms with Crippen LogP contribution in [0.2, 0.25) is 0 Å². The van der Waals surface area contributed by atoms with E-state index in [-0.39, 0.29) is 25.7 Å². The first kappa shape index (κ1) is 99.4. The van der Waals surface area contributed by atoms with Gasteiger partial charge in [0.05, 0.1) is 26.4 Å². The molecule has 0 aromatic heterocycles. The van der Waals surface area contributed by atoms with E-state index >= 15 is 0 Å². The molecular formula is C87H134O17P2. The lowest BCUT2D eigenvalue weighted by Crippen LogP contribution is -2.30. The van der Waals surface area contributed by atoms with Gasteiger partial charge in [0.1, 0.15) is 19.3 Å². The number of ether oxygens (including phenoxy) is 4. The molecule has 0 saturated heterocycles. The number of esters is 4. The third-order valence-electron chi connectivity index (χ3n) is 14.9. The molecule has 0 fully saturated rings. The first-order chi connectivity index (χ1) is 51.7. The SMILES string of the molecule is CC/C=C\C/C=C\C/C=C\C/C=C\C/C=C\CCCCCC(=O)OCC(COP(=O)(O)OCC(O)COP(=O)(O)OCC(COC(=O)CCCC/C=C\C/C=C\C/C=C\C/C=C\CC)OC(=O)CCCC/C=C\C/C=C\C/C=C\C/C=C\CC)OC(=O)CCC/C=C\C/C=C\C/C=C\C/C=C\C/C=C\CC. The van der Waals surface area contributed by atoms with Crippen LogP contribution in [-0.4, -0.2) is 96.7 Å². The summed E-state index contributed by atoms with van der Waals surface area (Å²) in [5.41, 5.74) is 0. The Kier molecular flexibility index (Phi) is 71.8. The molecular weight excluding hydrogens is 1380 g/mol. The fraction of sp³-hybridized carbons (Fsp3) is 0.540. The van der Waals surface area contributed by atoms with E-state index in [2.05, 4.69) is 228 Å². The first-order valence-electron chi connectivity index (χ1n) is 39.0. The Balaban J connectivity index is 5.56. The van der Waals surface area contributed by atoms with Crippen LogP contribution in [0.5, 0.6) is 0 Å². The van der Waals surface area contributed by atoms with Crippen molar-refractivity contribution in [2.75, 3.05) is 39.6 Å². The number of allylic oxidation sites excluding steroid dienone is 36. The molecule has 0 aliphatic carbocycles. The van der Waals surface area contributed by atoms with Gasteiger partial charge < -0.3 is 33.8 Å². The number of carbonyl (C=O) groups is 4. The molecule has 0 aromatic carbocycles. The Hall–Kier alpha value is -6.62. The van der Waals surface area contributed by atoms with Crippen LogP contribution < -0.4 is 0 Å². The van der Waals surface area contributed by atoms with E-state index in [1.54, 1.807) is 0 Å². The molecule has 106 heavy (non-hydrogen) atoms. The number of carbonyl (C=O) groups excluding carboxylic acids is 4. The molecule has 0 bridgehead atoms. The van der Waals surface area contributed by atoms with Gasteiger partial charge in [0.25, 0.3) is 0 Å². The Morgan fingerprint density at radius 3 is 0.745 bits per heavy atom. The second-order valence-electron chi connectivity index (χ2n) is 24.8. The minimum absolute atomic E-state index is 0.00334. The Morgan fingerprint density at radius 1 is 0.264 bits per heavy atom. The van der Waals surface area contributed by atoms with Crippen molar-refractivity contribution in [2.45, 2.75) is 264 Å². The highest BCUT2D eigenvalue weighted by Gasteiger charge is 2.30. The highest BCUT2D eigenvalue weighted by molar-refractivity contribution is 7.47. The van der Waals surface area contributed by atoms with Crippen LogP contribution >= 0.6 is 15.6 Å². The van der Waals surface area contributed by atoms with Crippen LogP contribution in [0.4, 0.5) is 0 Å². The zero-order valence-corrected chi connectivity index (χ0v) is 66.5. The maximum Gasteiger partial charge on any atom is 0.472 e. The molecule has 0 heterocycles. The van der Waals surface area contributed by atoms with Gasteiger partial charge in [-0.25, -0.2) is 9.13 Å². The van der Waals surface area contributed by atoms with Gasteiger partial charge in [0.15, 0.2) is 12.2 Å². The molecule has 0 aliphatic rings. The molecule has 19 heteroatoms. The summed E-state index contributed by atoms with van der Waals surface area (Å²) < 4.78 is 68.4. The predicted octanol–water partition coefficient (Wildman–Crippen LogP) is 22.9. The highest BCUT2D eigenvalue weighted by atomic mass is 31.2. The average Bonchev–Trinajstić information content (AvgIpc) is 0.902. The number of phosphoric acid groups is 2. The summed E-state index contributed by atoms with van der Waals surface area (Å²) in [7, 11) is -10.0. The molecule has 0 rings (SSSR count). The molecule has 0 saturated carbocycles. The molecule has 0 aromatic rings. The van der Waals surface area contributed by atoms with Gasteiger partial charge in [-0.2, -0.15) is 0 Å². The van der Waals surface area contributed by atoms with E-state index in [0.29, 0.717) is 38.5 Å². The van der Waals surface area contributed by atoms with Crippen molar-refractivity contribution >= 4 is 39.5 Å². The number of aliphatic hydroxyl groups excluding tert-OH is 1. The molecule has 0 spiro atoms. The monoisotopic (exact) mass is 1510 g/mol. The first-order valence-corrected chi connectivity index (χ1v) is 42.0. The van der Waals surface area contributed by atoms with Gasteiger partial charge in [0.2, 0.25) is 0 Å². The maximum absolute atomic E-state index is 13.1. The third-order valence-corrected chi connectivity index (χ3v) is 16.8. The molecule has 5 unspecified atom stereocenters. The van der Waals surface area contributed by atoms with Crippen molar-refractivity contribution in [1.29, 1.82) is 0 Å². The van der Waals surface area contributed by atoms with Gasteiger partial charge in [-0.05, 0) is 186 Å². The molecule has 0 aliphatic heterocycles. The van der Waals surface area contributed by atoms with E-state index in [0.717, 1.165) is 154 Å². The number of hydrogen-bond acceptors (Lipinski definition) is 15. The van der Waals surface area contributed by atoms with Crippen LogP contribution in [-0.2, 0) is 65.4 Å². The summed E-state index contributed by atoms with van der Waals surface area (Å²) in [5.74, 6) is -2.41. The third kappa shape index (κ3) is 75.6. The molecule has 0 amide bonds. The second-order valence-corrected chi connectivity index (χ2v) is 27.7. The normalized spacial score (nSPS) is 15.0. The fourth-order valence-electron chi connectivity index (χ4n) is 9.14. The largest absolute Gasteiger partial charge is 0.472 e. The zero-order chi connectivity index (χ0) is 77.4. The predicted molar refractivity (Wildman–Crippen MR) is 435 cm³/mol. The molecule has 0 radical (unpaired) electrons. The maximum atomic E-state index is 13.1. The van der Waals surface area contributed by atoms with E-state index in [1.807, 2.05) is 18.2 Å². The van der Waals surface area contributed by atoms with Crippen molar-refractivity contribution in [3.8, 4) is 0 Å². The van der Waals surface area contributed by atoms with E-state index in [1.165, 1.54) is 0 Å². The van der Waals surface area contributed by atoms with Crippen molar-refractivity contribution in [2.24, 2.45) is 0 Å². The number of unbranched alkanes of at least 4 members (excludes halogenated alkanes) is 8. The van der Waals surface area contributed by atoms with Crippen molar-refractivity contribution in [1.82, 2.24) is 0 Å². The smallest absolute Gasteiger partial charge is 0.462 e. The topological polar surface area (TPSA) is 237 Å². The zero-order valence-electron chi connectivity index (χ0n) is 64.8. The van der Waals surface area contributed by atoms with E-state index in [4.69, 9.17) is 37.0 Å². The summed E-state index contributed by atoms with van der Waals surface area (Å²) in [5, 5.41) is 10.6. The van der Waals surface area contributed by atoms with Crippen LogP contribution in [0.1, 0.15) is 246 Å². The highest BCUT2D eigenvalue weighted by Crippen LogP contribution is 2.45. The van der Waals surface area contributed by atoms with Gasteiger partial charge in [-0.1, -0.05) is 253 Å². The van der Waals surface area contributed by atoms with E-state index < -0.39 is 97.5 Å². The lowest BCUT2D eigenvalue weighted by atomic mass is 10.1. The van der Waals surface area contributed by atoms with Gasteiger partial charge in [-0.15, -0.1) is 0 Å². The molecule has 3 N–H and O–H groups in total. The van der Waals surface area contributed by atoms with Crippen molar-refractivity contribution in [3.63, 3.8) is 0 Å². The Labute approximate surface area is 639 Å².